The summed E-state index contributed by atoms with van der Waals surface area (Å²) in [7, 11) is 0.322. The van der Waals surface area contributed by atoms with E-state index in [1.807, 2.05) is 0 Å². The number of hydrogen-bond acceptors (Lipinski definition) is 3. The number of halogens is 2. The Balaban J connectivity index is 2.50. The molecule has 0 fully saturated rings. The van der Waals surface area contributed by atoms with E-state index in [1.54, 1.807) is 11.9 Å². The van der Waals surface area contributed by atoms with Gasteiger partial charge in [0, 0.05) is 30.7 Å². The number of rotatable bonds is 7. The van der Waals surface area contributed by atoms with Crippen molar-refractivity contribution in [3.63, 3.8) is 0 Å². The third-order valence-corrected chi connectivity index (χ3v) is 4.42. The highest BCUT2D eigenvalue weighted by molar-refractivity contribution is 7.85. The molecule has 0 aliphatic carbocycles. The van der Waals surface area contributed by atoms with E-state index in [0.29, 0.717) is 18.0 Å². The zero-order chi connectivity index (χ0) is 15.1. The van der Waals surface area contributed by atoms with E-state index in [4.69, 9.17) is 17.3 Å². The van der Waals surface area contributed by atoms with Crippen LogP contribution in [0.15, 0.2) is 23.1 Å². The third kappa shape index (κ3) is 5.19. The second-order valence-electron chi connectivity index (χ2n) is 4.33. The molecule has 1 aromatic rings. The molecule has 1 unspecified atom stereocenters. The predicted octanol–water partition coefficient (Wildman–Crippen LogP) is 1.78. The molecule has 0 spiro atoms. The average molecular weight is 321 g/mol. The highest BCUT2D eigenvalue weighted by atomic mass is 35.5. The lowest BCUT2D eigenvalue weighted by Crippen LogP contribution is -2.29. The van der Waals surface area contributed by atoms with Gasteiger partial charge in [-0.2, -0.15) is 0 Å². The Labute approximate surface area is 125 Å². The second-order valence-corrected chi connectivity index (χ2v) is 6.31. The molecule has 1 aromatic carbocycles. The van der Waals surface area contributed by atoms with Crippen LogP contribution in [0, 0.1) is 5.82 Å². The first-order valence-corrected chi connectivity index (χ1v) is 7.93. The van der Waals surface area contributed by atoms with Gasteiger partial charge < -0.3 is 10.6 Å². The van der Waals surface area contributed by atoms with Crippen molar-refractivity contribution in [3.8, 4) is 0 Å². The molecular formula is C13H18ClFN2O2S. The van der Waals surface area contributed by atoms with Gasteiger partial charge in [0.25, 0.3) is 0 Å². The van der Waals surface area contributed by atoms with Crippen molar-refractivity contribution in [2.24, 2.45) is 5.73 Å². The van der Waals surface area contributed by atoms with Gasteiger partial charge in [-0.15, -0.1) is 0 Å². The van der Waals surface area contributed by atoms with Crippen molar-refractivity contribution in [2.45, 2.75) is 17.7 Å². The summed E-state index contributed by atoms with van der Waals surface area (Å²) in [6.07, 6.45) is 0.904. The number of carbonyl (C=O) groups is 1. The van der Waals surface area contributed by atoms with E-state index < -0.39 is 16.6 Å². The SMILES string of the molecule is CN(CCCN)C(=O)CCS(=O)c1ccc(F)c(Cl)c1. The monoisotopic (exact) mass is 320 g/mol. The van der Waals surface area contributed by atoms with Crippen LogP contribution >= 0.6 is 11.6 Å². The van der Waals surface area contributed by atoms with E-state index in [9.17, 15) is 13.4 Å². The van der Waals surface area contributed by atoms with Crippen LogP contribution < -0.4 is 5.73 Å². The Morgan fingerprint density at radius 2 is 2.20 bits per heavy atom. The highest BCUT2D eigenvalue weighted by Crippen LogP contribution is 2.18. The minimum absolute atomic E-state index is 0.0674. The van der Waals surface area contributed by atoms with E-state index in [-0.39, 0.29) is 23.1 Å². The first-order valence-electron chi connectivity index (χ1n) is 6.23. The number of amides is 1. The number of carbonyl (C=O) groups excluding carboxylic acids is 1. The third-order valence-electron chi connectivity index (χ3n) is 2.78. The molecule has 4 nitrogen and oxygen atoms in total. The Morgan fingerprint density at radius 3 is 2.80 bits per heavy atom. The first-order chi connectivity index (χ1) is 9.45. The van der Waals surface area contributed by atoms with Gasteiger partial charge in [-0.3, -0.25) is 9.00 Å². The maximum Gasteiger partial charge on any atom is 0.223 e. The standard InChI is InChI=1S/C13H18ClFN2O2S/c1-17(7-2-6-16)13(18)5-8-20(19)10-3-4-12(15)11(14)9-10/h3-4,9H,2,5-8,16H2,1H3. The van der Waals surface area contributed by atoms with Gasteiger partial charge in [0.1, 0.15) is 5.82 Å². The molecule has 0 saturated carbocycles. The molecule has 1 rings (SSSR count). The van der Waals surface area contributed by atoms with Gasteiger partial charge in [-0.25, -0.2) is 4.39 Å². The zero-order valence-corrected chi connectivity index (χ0v) is 12.8. The first kappa shape index (κ1) is 17.1. The molecule has 7 heteroatoms. The summed E-state index contributed by atoms with van der Waals surface area (Å²) in [6, 6.07) is 3.92. The topological polar surface area (TPSA) is 63.4 Å². The van der Waals surface area contributed by atoms with Crippen molar-refractivity contribution >= 4 is 28.3 Å². The van der Waals surface area contributed by atoms with Crippen molar-refractivity contribution in [1.82, 2.24) is 4.90 Å². The molecule has 20 heavy (non-hydrogen) atoms. The fourth-order valence-electron chi connectivity index (χ4n) is 1.56. The van der Waals surface area contributed by atoms with Gasteiger partial charge in [-0.05, 0) is 31.2 Å². The lowest BCUT2D eigenvalue weighted by Gasteiger charge is -2.16. The quantitative estimate of drug-likeness (QED) is 0.833. The minimum atomic E-state index is -1.37. The lowest BCUT2D eigenvalue weighted by atomic mass is 10.3. The molecule has 2 N–H and O–H groups in total. The van der Waals surface area contributed by atoms with Crippen LogP contribution in [0.3, 0.4) is 0 Å². The normalized spacial score (nSPS) is 12.2. The Kier molecular flexibility index (Phi) is 7.12. The van der Waals surface area contributed by atoms with Crippen LogP contribution in [0.2, 0.25) is 5.02 Å². The van der Waals surface area contributed by atoms with Crippen LogP contribution in [0.25, 0.3) is 0 Å². The van der Waals surface area contributed by atoms with Crippen molar-refractivity contribution < 1.29 is 13.4 Å². The second kappa shape index (κ2) is 8.34. The van der Waals surface area contributed by atoms with Crippen molar-refractivity contribution in [1.29, 1.82) is 0 Å². The number of hydrogen-bond donors (Lipinski definition) is 1. The van der Waals surface area contributed by atoms with Gasteiger partial charge >= 0.3 is 0 Å². The molecule has 1 amide bonds. The summed E-state index contributed by atoms with van der Waals surface area (Å²) in [5, 5.41) is -0.0674. The van der Waals surface area contributed by atoms with Gasteiger partial charge in [0.15, 0.2) is 0 Å². The fourth-order valence-corrected chi connectivity index (χ4v) is 2.87. The molecule has 0 saturated heterocycles. The zero-order valence-electron chi connectivity index (χ0n) is 11.3. The van der Waals surface area contributed by atoms with E-state index in [1.165, 1.54) is 18.2 Å². The summed E-state index contributed by atoms with van der Waals surface area (Å²) >= 11 is 5.63. The van der Waals surface area contributed by atoms with Crippen LogP contribution in [0.5, 0.6) is 0 Å². The molecule has 112 valence electrons. The molecular weight excluding hydrogens is 303 g/mol. The molecule has 0 radical (unpaired) electrons. The van der Waals surface area contributed by atoms with Gasteiger partial charge in [0.05, 0.1) is 15.8 Å². The number of nitrogens with two attached hydrogens (primary N) is 1. The predicted molar refractivity (Wildman–Crippen MR) is 78.6 cm³/mol. The van der Waals surface area contributed by atoms with Crippen LogP contribution in [-0.2, 0) is 15.6 Å². The average Bonchev–Trinajstić information content (AvgIpc) is 2.44. The number of nitrogens with zero attached hydrogens (tertiary/aromatic N) is 1. The lowest BCUT2D eigenvalue weighted by molar-refractivity contribution is -0.129. The summed E-state index contributed by atoms with van der Waals surface area (Å²) in [6.45, 7) is 1.11. The summed E-state index contributed by atoms with van der Waals surface area (Å²) < 4.78 is 25.0. The largest absolute Gasteiger partial charge is 0.346 e. The Hall–Kier alpha value is -0.980. The van der Waals surface area contributed by atoms with Crippen molar-refractivity contribution in [2.75, 3.05) is 25.9 Å². The van der Waals surface area contributed by atoms with E-state index >= 15 is 0 Å². The summed E-state index contributed by atoms with van der Waals surface area (Å²) in [5.74, 6) is -0.446. The van der Waals surface area contributed by atoms with Gasteiger partial charge in [-0.1, -0.05) is 11.6 Å². The molecule has 1 atom stereocenters. The van der Waals surface area contributed by atoms with E-state index in [2.05, 4.69) is 0 Å². The summed E-state index contributed by atoms with van der Waals surface area (Å²) in [5.41, 5.74) is 5.37. The van der Waals surface area contributed by atoms with Crippen LogP contribution in [-0.4, -0.2) is 40.9 Å². The maximum absolute atomic E-state index is 13.0. The van der Waals surface area contributed by atoms with E-state index in [0.717, 1.165) is 6.42 Å². The highest BCUT2D eigenvalue weighted by Gasteiger charge is 2.12. The van der Waals surface area contributed by atoms with Gasteiger partial charge in [0.2, 0.25) is 5.91 Å². The summed E-state index contributed by atoms with van der Waals surface area (Å²) in [4.78, 5) is 13.8. The Bertz CT molecular complexity index is 499. The molecule has 0 bridgehead atoms. The molecule has 0 heterocycles. The molecule has 0 aliphatic heterocycles. The molecule has 0 aliphatic rings. The Morgan fingerprint density at radius 1 is 1.50 bits per heavy atom. The molecule has 0 aromatic heterocycles. The maximum atomic E-state index is 13.0. The van der Waals surface area contributed by atoms with Crippen molar-refractivity contribution in [3.05, 3.63) is 29.0 Å². The number of benzene rings is 1. The van der Waals surface area contributed by atoms with Crippen LogP contribution in [0.4, 0.5) is 4.39 Å². The smallest absolute Gasteiger partial charge is 0.223 e. The fraction of sp³-hybridized carbons (Fsp3) is 0.462. The van der Waals surface area contributed by atoms with Crippen LogP contribution in [0.1, 0.15) is 12.8 Å². The minimum Gasteiger partial charge on any atom is -0.346 e.